The molecule has 0 spiro atoms. The Hall–Kier alpha value is 0.440. The van der Waals surface area contributed by atoms with Crippen LogP contribution in [0.4, 0.5) is 0 Å². The van der Waals surface area contributed by atoms with E-state index in [-0.39, 0.29) is 0 Å². The third-order valence-corrected chi connectivity index (χ3v) is 2.03. The van der Waals surface area contributed by atoms with Crippen molar-refractivity contribution in [1.29, 1.82) is 0 Å². The smallest absolute Gasteiger partial charge is 0.0716 e. The highest BCUT2D eigenvalue weighted by Crippen LogP contribution is 2.09. The maximum atomic E-state index is 9.02. The fraction of sp³-hybridized carbons (Fsp3) is 0.800. The maximum Gasteiger partial charge on any atom is 0.0716 e. The Bertz CT molecular complexity index is 46.0. The van der Waals surface area contributed by atoms with Crippen LogP contribution in [0.15, 0.2) is 0 Å². The molecular formula is C5H10BrO. The highest BCUT2D eigenvalue weighted by Gasteiger charge is 2.13. The molecule has 2 heteroatoms. The number of rotatable bonds is 2. The van der Waals surface area contributed by atoms with E-state index < -0.39 is 5.60 Å². The van der Waals surface area contributed by atoms with Gasteiger partial charge in [-0.25, -0.2) is 0 Å². The predicted octanol–water partition coefficient (Wildman–Crippen LogP) is 1.36. The van der Waals surface area contributed by atoms with Crippen molar-refractivity contribution < 1.29 is 5.11 Å². The summed E-state index contributed by atoms with van der Waals surface area (Å²) in [5, 5.41) is 9.62. The lowest BCUT2D eigenvalue weighted by molar-refractivity contribution is 0.0896. The molecule has 0 aliphatic carbocycles. The molecule has 0 saturated carbocycles. The van der Waals surface area contributed by atoms with E-state index >= 15 is 0 Å². The van der Waals surface area contributed by atoms with Gasteiger partial charge in [0, 0.05) is 5.33 Å². The van der Waals surface area contributed by atoms with Gasteiger partial charge >= 0.3 is 0 Å². The van der Waals surface area contributed by atoms with E-state index in [1.165, 1.54) is 0 Å². The quantitative estimate of drug-likeness (QED) is 0.614. The summed E-state index contributed by atoms with van der Waals surface area (Å²) in [6.07, 6.45) is 0.554. The standard InChI is InChI=1S/C5H10BrO/c1-3-5(2,7)4-6/h7H,1,3-4H2,2H3. The Morgan fingerprint density at radius 3 is 2.29 bits per heavy atom. The van der Waals surface area contributed by atoms with Gasteiger partial charge in [0.2, 0.25) is 0 Å². The zero-order chi connectivity index (χ0) is 5.91. The molecule has 1 atom stereocenters. The molecule has 0 aromatic carbocycles. The van der Waals surface area contributed by atoms with Crippen molar-refractivity contribution in [2.75, 3.05) is 5.33 Å². The summed E-state index contributed by atoms with van der Waals surface area (Å²) in [5.74, 6) is 0. The van der Waals surface area contributed by atoms with Crippen LogP contribution < -0.4 is 0 Å². The van der Waals surface area contributed by atoms with Crippen molar-refractivity contribution in [2.45, 2.75) is 18.9 Å². The molecular weight excluding hydrogens is 156 g/mol. The largest absolute Gasteiger partial charge is 0.389 e. The predicted molar refractivity (Wildman–Crippen MR) is 34.4 cm³/mol. The SMILES string of the molecule is [CH2]CC(C)(O)CBr. The van der Waals surface area contributed by atoms with E-state index in [0.29, 0.717) is 11.8 Å². The molecule has 1 unspecified atom stereocenters. The van der Waals surface area contributed by atoms with Gasteiger partial charge in [0.05, 0.1) is 5.60 Å². The summed E-state index contributed by atoms with van der Waals surface area (Å²) in [5.41, 5.74) is -0.611. The van der Waals surface area contributed by atoms with Crippen LogP contribution in [-0.2, 0) is 0 Å². The van der Waals surface area contributed by atoms with E-state index in [2.05, 4.69) is 22.9 Å². The van der Waals surface area contributed by atoms with E-state index in [4.69, 9.17) is 5.11 Å². The van der Waals surface area contributed by atoms with Gasteiger partial charge in [-0.15, -0.1) is 0 Å². The van der Waals surface area contributed by atoms with Gasteiger partial charge in [0.25, 0.3) is 0 Å². The van der Waals surface area contributed by atoms with Crippen LogP contribution in [0.25, 0.3) is 0 Å². The average Bonchev–Trinajstić information content (AvgIpc) is 1.68. The normalized spacial score (nSPS) is 18.9. The molecule has 0 amide bonds. The zero-order valence-electron chi connectivity index (χ0n) is 4.45. The van der Waals surface area contributed by atoms with Crippen LogP contribution in [0.3, 0.4) is 0 Å². The van der Waals surface area contributed by atoms with Gasteiger partial charge in [-0.3, -0.25) is 0 Å². The van der Waals surface area contributed by atoms with Crippen molar-refractivity contribution in [3.63, 3.8) is 0 Å². The topological polar surface area (TPSA) is 20.2 Å². The van der Waals surface area contributed by atoms with Gasteiger partial charge in [0.15, 0.2) is 0 Å². The monoisotopic (exact) mass is 165 g/mol. The highest BCUT2D eigenvalue weighted by atomic mass is 79.9. The Morgan fingerprint density at radius 1 is 1.86 bits per heavy atom. The van der Waals surface area contributed by atoms with Gasteiger partial charge in [0.1, 0.15) is 0 Å². The summed E-state index contributed by atoms with van der Waals surface area (Å²) in [7, 11) is 0. The second kappa shape index (κ2) is 2.68. The molecule has 0 fully saturated rings. The van der Waals surface area contributed by atoms with Crippen LogP contribution in [0.1, 0.15) is 13.3 Å². The van der Waals surface area contributed by atoms with Crippen LogP contribution in [0, 0.1) is 6.92 Å². The minimum absolute atomic E-state index is 0.554. The molecule has 0 aromatic rings. The van der Waals surface area contributed by atoms with Gasteiger partial charge in [-0.05, 0) is 13.3 Å². The van der Waals surface area contributed by atoms with Crippen LogP contribution in [0.2, 0.25) is 0 Å². The first-order valence-electron chi connectivity index (χ1n) is 2.20. The molecule has 0 aliphatic rings. The zero-order valence-corrected chi connectivity index (χ0v) is 6.03. The maximum absolute atomic E-state index is 9.02. The number of aliphatic hydroxyl groups is 1. The average molecular weight is 166 g/mol. The minimum atomic E-state index is -0.611. The lowest BCUT2D eigenvalue weighted by Gasteiger charge is -2.15. The Labute approximate surface area is 52.9 Å². The summed E-state index contributed by atoms with van der Waals surface area (Å²) in [4.78, 5) is 0. The Balaban J connectivity index is 3.36. The molecule has 7 heavy (non-hydrogen) atoms. The first kappa shape index (κ1) is 7.44. The van der Waals surface area contributed by atoms with Gasteiger partial charge in [-0.1, -0.05) is 22.9 Å². The summed E-state index contributed by atoms with van der Waals surface area (Å²) in [6.45, 7) is 5.29. The van der Waals surface area contributed by atoms with Gasteiger partial charge < -0.3 is 5.11 Å². The molecule has 1 nitrogen and oxygen atoms in total. The first-order valence-corrected chi connectivity index (χ1v) is 3.32. The first-order chi connectivity index (χ1) is 3.12. The van der Waals surface area contributed by atoms with E-state index in [0.717, 1.165) is 0 Å². The van der Waals surface area contributed by atoms with Crippen molar-refractivity contribution >= 4 is 15.9 Å². The Morgan fingerprint density at radius 2 is 2.29 bits per heavy atom. The number of hydrogen-bond acceptors (Lipinski definition) is 1. The van der Waals surface area contributed by atoms with Crippen LogP contribution in [0.5, 0.6) is 0 Å². The number of hydrogen-bond donors (Lipinski definition) is 1. The van der Waals surface area contributed by atoms with Crippen LogP contribution in [-0.4, -0.2) is 16.0 Å². The van der Waals surface area contributed by atoms with E-state index in [1.54, 1.807) is 6.92 Å². The molecule has 43 valence electrons. The fourth-order valence-electron chi connectivity index (χ4n) is 0.0668. The summed E-state index contributed by atoms with van der Waals surface area (Å²) < 4.78 is 0. The van der Waals surface area contributed by atoms with Crippen molar-refractivity contribution in [2.24, 2.45) is 0 Å². The highest BCUT2D eigenvalue weighted by molar-refractivity contribution is 9.09. The molecule has 0 aromatic heterocycles. The van der Waals surface area contributed by atoms with Crippen molar-refractivity contribution in [3.8, 4) is 0 Å². The Kier molecular flexibility index (Phi) is 2.84. The molecule has 0 bridgehead atoms. The van der Waals surface area contributed by atoms with Crippen LogP contribution >= 0.6 is 15.9 Å². The van der Waals surface area contributed by atoms with E-state index in [1.807, 2.05) is 0 Å². The minimum Gasteiger partial charge on any atom is -0.389 e. The number of halogens is 1. The van der Waals surface area contributed by atoms with E-state index in [9.17, 15) is 0 Å². The van der Waals surface area contributed by atoms with Crippen molar-refractivity contribution in [3.05, 3.63) is 6.92 Å². The van der Waals surface area contributed by atoms with Crippen molar-refractivity contribution in [1.82, 2.24) is 0 Å². The molecule has 1 radical (unpaired) electrons. The third kappa shape index (κ3) is 3.06. The molecule has 0 saturated heterocycles. The summed E-state index contributed by atoms with van der Waals surface area (Å²) >= 11 is 3.14. The summed E-state index contributed by atoms with van der Waals surface area (Å²) in [6, 6.07) is 0. The number of alkyl halides is 1. The molecule has 1 N–H and O–H groups in total. The lowest BCUT2D eigenvalue weighted by Crippen LogP contribution is -2.24. The molecule has 0 aliphatic heterocycles. The third-order valence-electron chi connectivity index (χ3n) is 0.826. The fourth-order valence-corrected chi connectivity index (χ4v) is 0.347. The molecule has 0 heterocycles. The second-order valence-corrected chi connectivity index (χ2v) is 2.44. The molecule has 0 rings (SSSR count). The second-order valence-electron chi connectivity index (χ2n) is 1.88. The van der Waals surface area contributed by atoms with Gasteiger partial charge in [-0.2, -0.15) is 0 Å². The lowest BCUT2D eigenvalue weighted by atomic mass is 10.1.